The van der Waals surface area contributed by atoms with Gasteiger partial charge < -0.3 is 19.5 Å². The molecule has 0 saturated heterocycles. The first-order valence-corrected chi connectivity index (χ1v) is 7.28. The molecule has 2 rings (SSSR count). The maximum atomic E-state index is 5.38. The van der Waals surface area contributed by atoms with E-state index in [1.807, 2.05) is 12.1 Å². The summed E-state index contributed by atoms with van der Waals surface area (Å²) >= 11 is 0. The Labute approximate surface area is 121 Å². The lowest BCUT2D eigenvalue weighted by molar-refractivity contribution is 0.324. The van der Waals surface area contributed by atoms with Crippen LogP contribution in [0.3, 0.4) is 0 Å². The molecule has 20 heavy (non-hydrogen) atoms. The molecular weight excluding hydrogens is 254 g/mol. The van der Waals surface area contributed by atoms with Gasteiger partial charge in [-0.1, -0.05) is 13.3 Å². The van der Waals surface area contributed by atoms with Crippen LogP contribution >= 0.6 is 0 Å². The molecule has 0 spiro atoms. The number of rotatable bonds is 6. The number of ether oxygens (including phenoxy) is 3. The van der Waals surface area contributed by atoms with E-state index in [9.17, 15) is 0 Å². The molecule has 0 amide bonds. The fourth-order valence-corrected chi connectivity index (χ4v) is 2.98. The fraction of sp³-hybridized carbons (Fsp3) is 0.625. The van der Waals surface area contributed by atoms with E-state index in [1.54, 1.807) is 21.3 Å². The van der Waals surface area contributed by atoms with Crippen LogP contribution in [0.15, 0.2) is 12.1 Å². The predicted molar refractivity (Wildman–Crippen MR) is 81.1 cm³/mol. The second-order valence-corrected chi connectivity index (χ2v) is 5.34. The maximum Gasteiger partial charge on any atom is 0.203 e. The molecule has 1 saturated carbocycles. The molecule has 1 fully saturated rings. The predicted octanol–water partition coefficient (Wildman–Crippen LogP) is 3.70. The molecule has 0 aliphatic heterocycles. The monoisotopic (exact) mass is 279 g/mol. The second kappa shape index (κ2) is 6.73. The Hall–Kier alpha value is -1.58. The van der Waals surface area contributed by atoms with Crippen LogP contribution in [0.4, 0.5) is 5.69 Å². The highest BCUT2D eigenvalue weighted by atomic mass is 16.5. The highest BCUT2D eigenvalue weighted by Crippen LogP contribution is 2.41. The van der Waals surface area contributed by atoms with E-state index in [2.05, 4.69) is 12.2 Å². The first kappa shape index (κ1) is 14.8. The molecule has 2 unspecified atom stereocenters. The molecule has 1 aliphatic rings. The van der Waals surface area contributed by atoms with E-state index in [1.165, 1.54) is 25.7 Å². The van der Waals surface area contributed by atoms with Gasteiger partial charge in [0.2, 0.25) is 5.75 Å². The molecule has 1 N–H and O–H groups in total. The van der Waals surface area contributed by atoms with Crippen molar-refractivity contribution in [1.82, 2.24) is 0 Å². The zero-order valence-corrected chi connectivity index (χ0v) is 12.9. The van der Waals surface area contributed by atoms with Gasteiger partial charge in [0.25, 0.3) is 0 Å². The zero-order chi connectivity index (χ0) is 14.5. The number of hydrogen-bond acceptors (Lipinski definition) is 4. The van der Waals surface area contributed by atoms with Crippen molar-refractivity contribution < 1.29 is 14.2 Å². The van der Waals surface area contributed by atoms with E-state index >= 15 is 0 Å². The van der Waals surface area contributed by atoms with Gasteiger partial charge in [-0.2, -0.15) is 0 Å². The highest BCUT2D eigenvalue weighted by molar-refractivity contribution is 5.62. The van der Waals surface area contributed by atoms with Crippen LogP contribution in [0.5, 0.6) is 17.2 Å². The van der Waals surface area contributed by atoms with Gasteiger partial charge in [-0.15, -0.1) is 0 Å². The standard InChI is InChI=1S/C16H25NO3/c1-5-11-6-7-12(8-11)17-13-9-14(18-2)16(20-4)15(10-13)19-3/h9-12,17H,5-8H2,1-4H3. The Morgan fingerprint density at radius 2 is 1.70 bits per heavy atom. The van der Waals surface area contributed by atoms with Crippen LogP contribution in [-0.2, 0) is 0 Å². The van der Waals surface area contributed by atoms with Crippen LogP contribution in [-0.4, -0.2) is 27.4 Å². The molecule has 0 radical (unpaired) electrons. The third-order valence-electron chi connectivity index (χ3n) is 4.15. The van der Waals surface area contributed by atoms with Gasteiger partial charge in [0.1, 0.15) is 0 Å². The first-order valence-electron chi connectivity index (χ1n) is 7.28. The first-order chi connectivity index (χ1) is 9.71. The number of anilines is 1. The molecule has 1 aromatic rings. The highest BCUT2D eigenvalue weighted by Gasteiger charge is 2.24. The topological polar surface area (TPSA) is 39.7 Å². The molecule has 4 nitrogen and oxygen atoms in total. The van der Waals surface area contributed by atoms with E-state index < -0.39 is 0 Å². The van der Waals surface area contributed by atoms with Crippen molar-refractivity contribution in [2.24, 2.45) is 5.92 Å². The molecule has 1 aliphatic carbocycles. The second-order valence-electron chi connectivity index (χ2n) is 5.34. The molecule has 4 heteroatoms. The average Bonchev–Trinajstić information content (AvgIpc) is 2.93. The van der Waals surface area contributed by atoms with E-state index in [0.717, 1.165) is 11.6 Å². The SMILES string of the molecule is CCC1CCC(Nc2cc(OC)c(OC)c(OC)c2)C1. The molecular formula is C16H25NO3. The molecule has 2 atom stereocenters. The smallest absolute Gasteiger partial charge is 0.203 e. The lowest BCUT2D eigenvalue weighted by atomic mass is 10.1. The third kappa shape index (κ3) is 3.11. The lowest BCUT2D eigenvalue weighted by Gasteiger charge is -2.18. The Morgan fingerprint density at radius 1 is 1.05 bits per heavy atom. The van der Waals surface area contributed by atoms with Crippen molar-refractivity contribution in [3.05, 3.63) is 12.1 Å². The van der Waals surface area contributed by atoms with Crippen molar-refractivity contribution in [3.8, 4) is 17.2 Å². The van der Waals surface area contributed by atoms with Gasteiger partial charge in [-0.05, 0) is 25.2 Å². The number of nitrogens with one attached hydrogen (secondary N) is 1. The number of methoxy groups -OCH3 is 3. The quantitative estimate of drug-likeness (QED) is 0.862. The average molecular weight is 279 g/mol. The van der Waals surface area contributed by atoms with Gasteiger partial charge >= 0.3 is 0 Å². The Morgan fingerprint density at radius 3 is 2.15 bits per heavy atom. The summed E-state index contributed by atoms with van der Waals surface area (Å²) in [4.78, 5) is 0. The van der Waals surface area contributed by atoms with Crippen LogP contribution in [0.1, 0.15) is 32.6 Å². The van der Waals surface area contributed by atoms with E-state index in [0.29, 0.717) is 23.3 Å². The van der Waals surface area contributed by atoms with Gasteiger partial charge in [0.05, 0.1) is 21.3 Å². The Balaban J connectivity index is 2.16. The van der Waals surface area contributed by atoms with Crippen LogP contribution < -0.4 is 19.5 Å². The molecule has 112 valence electrons. The summed E-state index contributed by atoms with van der Waals surface area (Å²) in [6.45, 7) is 2.27. The number of benzene rings is 1. The Bertz CT molecular complexity index is 422. The van der Waals surface area contributed by atoms with Crippen LogP contribution in [0.2, 0.25) is 0 Å². The van der Waals surface area contributed by atoms with Gasteiger partial charge in [0.15, 0.2) is 11.5 Å². The van der Waals surface area contributed by atoms with Crippen molar-refractivity contribution in [2.75, 3.05) is 26.6 Å². The molecule has 0 bridgehead atoms. The summed E-state index contributed by atoms with van der Waals surface area (Å²) in [7, 11) is 4.91. The largest absolute Gasteiger partial charge is 0.493 e. The third-order valence-corrected chi connectivity index (χ3v) is 4.15. The fourth-order valence-electron chi connectivity index (χ4n) is 2.98. The van der Waals surface area contributed by atoms with Crippen molar-refractivity contribution >= 4 is 5.69 Å². The molecule has 1 aromatic carbocycles. The van der Waals surface area contributed by atoms with Crippen molar-refractivity contribution in [2.45, 2.75) is 38.6 Å². The summed E-state index contributed by atoms with van der Waals surface area (Å²) in [6.07, 6.45) is 5.06. The number of hydrogen-bond donors (Lipinski definition) is 1. The minimum absolute atomic E-state index is 0.544. The van der Waals surface area contributed by atoms with Crippen LogP contribution in [0.25, 0.3) is 0 Å². The summed E-state index contributed by atoms with van der Waals surface area (Å²) < 4.78 is 16.1. The van der Waals surface area contributed by atoms with Gasteiger partial charge in [0, 0.05) is 23.9 Å². The van der Waals surface area contributed by atoms with Crippen molar-refractivity contribution in [3.63, 3.8) is 0 Å². The van der Waals surface area contributed by atoms with E-state index in [4.69, 9.17) is 14.2 Å². The van der Waals surface area contributed by atoms with Crippen LogP contribution in [0, 0.1) is 5.92 Å². The Kier molecular flexibility index (Phi) is 4.99. The van der Waals surface area contributed by atoms with E-state index in [-0.39, 0.29) is 0 Å². The molecule has 0 aromatic heterocycles. The summed E-state index contributed by atoms with van der Waals surface area (Å²) in [5.41, 5.74) is 1.03. The van der Waals surface area contributed by atoms with Gasteiger partial charge in [-0.3, -0.25) is 0 Å². The lowest BCUT2D eigenvalue weighted by Crippen LogP contribution is -2.15. The summed E-state index contributed by atoms with van der Waals surface area (Å²) in [5.74, 6) is 2.88. The maximum absolute atomic E-state index is 5.38. The zero-order valence-electron chi connectivity index (χ0n) is 12.9. The normalized spacial score (nSPS) is 21.6. The summed E-state index contributed by atoms with van der Waals surface area (Å²) in [6, 6.07) is 4.49. The molecule has 0 heterocycles. The van der Waals surface area contributed by atoms with Crippen molar-refractivity contribution in [1.29, 1.82) is 0 Å². The minimum Gasteiger partial charge on any atom is -0.493 e. The van der Waals surface area contributed by atoms with Gasteiger partial charge in [-0.25, -0.2) is 0 Å². The summed E-state index contributed by atoms with van der Waals surface area (Å²) in [5, 5.41) is 3.59. The minimum atomic E-state index is 0.544.